The van der Waals surface area contributed by atoms with Crippen LogP contribution in [0.5, 0.6) is 0 Å². The zero-order valence-electron chi connectivity index (χ0n) is 40.9. The van der Waals surface area contributed by atoms with Crippen molar-refractivity contribution in [2.75, 3.05) is 0 Å². The van der Waals surface area contributed by atoms with Gasteiger partial charge in [0, 0.05) is 0 Å². The van der Waals surface area contributed by atoms with Crippen molar-refractivity contribution in [3.63, 3.8) is 0 Å². The van der Waals surface area contributed by atoms with Crippen LogP contribution < -0.4 is 0 Å². The number of benzene rings is 6. The zero-order valence-corrected chi connectivity index (χ0v) is 40.9. The molecule has 6 aromatic rings. The van der Waals surface area contributed by atoms with Crippen LogP contribution in [-0.4, -0.2) is 0 Å². The van der Waals surface area contributed by atoms with Gasteiger partial charge in [-0.05, 0) is 209 Å². The molecule has 0 fully saturated rings. The first kappa shape index (κ1) is 43.4. The molecule has 0 nitrogen and oxygen atoms in total. The molecule has 0 unspecified atom stereocenters. The molecule has 312 valence electrons. The van der Waals surface area contributed by atoms with Gasteiger partial charge in [0.05, 0.1) is 0 Å². The molecule has 0 heteroatoms. The summed E-state index contributed by atoms with van der Waals surface area (Å²) in [5.74, 6) is 0. The average molecular weight is 793 g/mol. The van der Waals surface area contributed by atoms with E-state index in [1.165, 1.54) is 132 Å². The maximum Gasteiger partial charge on any atom is -0.000730 e. The molecule has 0 radical (unpaired) electrons. The van der Waals surface area contributed by atoms with Crippen molar-refractivity contribution in [2.45, 2.75) is 160 Å². The van der Waals surface area contributed by atoms with E-state index >= 15 is 0 Å². The fraction of sp³-hybridized carbons (Fsp3) is 0.400. The van der Waals surface area contributed by atoms with Crippen LogP contribution in [0.2, 0.25) is 0 Å². The molecule has 0 heterocycles. The van der Waals surface area contributed by atoms with Crippen LogP contribution in [-0.2, 0) is 21.7 Å². The molecule has 7 rings (SSSR count). The molecule has 0 aliphatic heterocycles. The van der Waals surface area contributed by atoms with Crippen molar-refractivity contribution in [1.82, 2.24) is 0 Å². The van der Waals surface area contributed by atoms with Crippen molar-refractivity contribution >= 4 is 0 Å². The highest BCUT2D eigenvalue weighted by Crippen LogP contribution is 2.53. The summed E-state index contributed by atoms with van der Waals surface area (Å²) in [4.78, 5) is 0. The fourth-order valence-electron chi connectivity index (χ4n) is 10.8. The van der Waals surface area contributed by atoms with E-state index in [0.29, 0.717) is 0 Å². The Hall–Kier alpha value is -4.68. The summed E-state index contributed by atoms with van der Waals surface area (Å²) in [5.41, 5.74) is 27.2. The number of fused-ring (bicyclic) bond motifs is 2. The Kier molecular flexibility index (Phi) is 10.5. The van der Waals surface area contributed by atoms with Gasteiger partial charge in [-0.2, -0.15) is 0 Å². The maximum atomic E-state index is 2.54. The van der Waals surface area contributed by atoms with Crippen LogP contribution >= 0.6 is 0 Å². The Balaban J connectivity index is 1.85. The molecule has 0 atom stereocenters. The second-order valence-corrected chi connectivity index (χ2v) is 22.7. The molecule has 0 amide bonds. The maximum absolute atomic E-state index is 2.54. The van der Waals surface area contributed by atoms with Crippen LogP contribution in [0.25, 0.3) is 44.5 Å². The first-order valence-electron chi connectivity index (χ1n) is 22.4. The van der Waals surface area contributed by atoms with Gasteiger partial charge in [-0.15, -0.1) is 0 Å². The Bertz CT molecular complexity index is 2750. The Labute approximate surface area is 363 Å². The lowest BCUT2D eigenvalue weighted by Gasteiger charge is -2.31. The van der Waals surface area contributed by atoms with Crippen LogP contribution in [0.15, 0.2) is 72.8 Å². The predicted octanol–water partition coefficient (Wildman–Crippen LogP) is 16.9. The molecule has 0 bridgehead atoms. The highest BCUT2D eigenvalue weighted by Gasteiger charge is 2.32. The van der Waals surface area contributed by atoms with Gasteiger partial charge in [-0.25, -0.2) is 0 Å². The molecule has 1 aliphatic carbocycles. The monoisotopic (exact) mass is 793 g/mol. The quantitative estimate of drug-likeness (QED) is 0.167. The van der Waals surface area contributed by atoms with E-state index in [1.54, 1.807) is 0 Å². The summed E-state index contributed by atoms with van der Waals surface area (Å²) in [6.07, 6.45) is 0. The van der Waals surface area contributed by atoms with E-state index in [0.717, 1.165) is 0 Å². The standard InChI is InChI=1S/C60H72/c1-33-29-47(57(9,10)11)37(5)25-43(33)53-51-41-23-21-22-24-42(41)52(51)54(44-26-38(6)48(30-34(44)2)58(12,13)14)56(46-28-40(8)50(32-36(46)4)60(18,19)20)55(53)45-27-39(7)49(31-35(45)3)59(15,16)17/h21-32H,1-20H3. The molecule has 0 spiro atoms. The van der Waals surface area contributed by atoms with Gasteiger partial charge in [0.2, 0.25) is 0 Å². The summed E-state index contributed by atoms with van der Waals surface area (Å²) in [7, 11) is 0. The van der Waals surface area contributed by atoms with E-state index in [1.807, 2.05) is 0 Å². The van der Waals surface area contributed by atoms with E-state index in [2.05, 4.69) is 211 Å². The van der Waals surface area contributed by atoms with Crippen LogP contribution in [0.1, 0.15) is 150 Å². The molecule has 0 saturated carbocycles. The first-order valence-corrected chi connectivity index (χ1v) is 22.4. The molecule has 6 aromatic carbocycles. The predicted molar refractivity (Wildman–Crippen MR) is 263 cm³/mol. The Morgan fingerprint density at radius 1 is 0.267 bits per heavy atom. The third kappa shape index (κ3) is 7.21. The van der Waals surface area contributed by atoms with E-state index in [4.69, 9.17) is 0 Å². The topological polar surface area (TPSA) is 0 Å². The summed E-state index contributed by atoms with van der Waals surface area (Å²) in [6, 6.07) is 29.3. The van der Waals surface area contributed by atoms with E-state index in [9.17, 15) is 0 Å². The molecule has 0 N–H and O–H groups in total. The Morgan fingerprint density at radius 2 is 0.483 bits per heavy atom. The molecular formula is C60H72. The van der Waals surface area contributed by atoms with Gasteiger partial charge in [-0.1, -0.05) is 156 Å². The summed E-state index contributed by atoms with van der Waals surface area (Å²) in [5, 5.41) is 5.48. The van der Waals surface area contributed by atoms with Gasteiger partial charge in [-0.3, -0.25) is 0 Å². The second kappa shape index (κ2) is 14.5. The van der Waals surface area contributed by atoms with Crippen LogP contribution in [0, 0.1) is 76.3 Å². The largest absolute Gasteiger partial charge is 0.0616 e. The SMILES string of the molecule is Cc1cc(C(C)(C)C)c(C)cc1-c1c(-c2cc(C)c(C(C)(C)C)cc2C)c(-c2cc(C)c(C(C)(C)C)cc2C)c2c(c1-c1cc(C)c(C(C)(C)C)cc1C)=c1ccccc1=2. The minimum atomic E-state index is 0.0278. The van der Waals surface area contributed by atoms with Crippen molar-refractivity contribution in [3.05, 3.63) is 160 Å². The molecular weight excluding hydrogens is 721 g/mol. The lowest BCUT2D eigenvalue weighted by atomic mass is 9.72. The first-order chi connectivity index (χ1) is 27.6. The van der Waals surface area contributed by atoms with Crippen molar-refractivity contribution in [1.29, 1.82) is 0 Å². The zero-order chi connectivity index (χ0) is 44.3. The number of rotatable bonds is 4. The van der Waals surface area contributed by atoms with Crippen LogP contribution in [0.4, 0.5) is 0 Å². The van der Waals surface area contributed by atoms with Crippen molar-refractivity contribution in [2.24, 2.45) is 0 Å². The van der Waals surface area contributed by atoms with Crippen molar-refractivity contribution < 1.29 is 0 Å². The fourth-order valence-corrected chi connectivity index (χ4v) is 10.8. The highest BCUT2D eigenvalue weighted by atomic mass is 14.3. The lowest BCUT2D eigenvalue weighted by Crippen LogP contribution is -2.15. The van der Waals surface area contributed by atoms with Crippen LogP contribution in [0.3, 0.4) is 0 Å². The average Bonchev–Trinajstić information content (AvgIpc) is 3.11. The number of aryl methyl sites for hydroxylation is 8. The lowest BCUT2D eigenvalue weighted by molar-refractivity contribution is 0.585. The smallest absolute Gasteiger partial charge is 0.000730 e. The minimum Gasteiger partial charge on any atom is -0.0616 e. The summed E-state index contributed by atoms with van der Waals surface area (Å²) >= 11 is 0. The summed E-state index contributed by atoms with van der Waals surface area (Å²) in [6.45, 7) is 46.9. The molecule has 0 aromatic heterocycles. The second-order valence-electron chi connectivity index (χ2n) is 22.7. The molecule has 60 heavy (non-hydrogen) atoms. The molecule has 0 saturated heterocycles. The number of hydrogen-bond acceptors (Lipinski definition) is 0. The minimum absolute atomic E-state index is 0.0278. The van der Waals surface area contributed by atoms with E-state index < -0.39 is 0 Å². The van der Waals surface area contributed by atoms with E-state index in [-0.39, 0.29) is 21.7 Å². The normalized spacial score (nSPS) is 13.0. The van der Waals surface area contributed by atoms with Gasteiger partial charge in [0.15, 0.2) is 0 Å². The molecule has 1 aliphatic rings. The summed E-state index contributed by atoms with van der Waals surface area (Å²) < 4.78 is 0. The highest BCUT2D eigenvalue weighted by molar-refractivity contribution is 6.05. The third-order valence-corrected chi connectivity index (χ3v) is 13.6. The van der Waals surface area contributed by atoms with Gasteiger partial charge >= 0.3 is 0 Å². The van der Waals surface area contributed by atoms with Gasteiger partial charge in [0.1, 0.15) is 0 Å². The van der Waals surface area contributed by atoms with Gasteiger partial charge in [0.25, 0.3) is 0 Å². The third-order valence-electron chi connectivity index (χ3n) is 13.6. The Morgan fingerprint density at radius 3 is 0.700 bits per heavy atom. The van der Waals surface area contributed by atoms with Crippen molar-refractivity contribution in [3.8, 4) is 44.5 Å². The van der Waals surface area contributed by atoms with Gasteiger partial charge < -0.3 is 0 Å². The number of hydrogen-bond donors (Lipinski definition) is 0.